The molecular weight excluding hydrogens is 432 g/mol. The molecule has 10 nitrogen and oxygen atoms in total. The summed E-state index contributed by atoms with van der Waals surface area (Å²) in [5.41, 5.74) is -0.818. The van der Waals surface area contributed by atoms with Crippen LogP contribution in [-0.4, -0.2) is 75.2 Å². The number of Topliss-reactive ketones (excluding diaryl/α,β-unsaturated/α-hetero) is 2. The van der Waals surface area contributed by atoms with Gasteiger partial charge in [-0.25, -0.2) is 0 Å². The van der Waals surface area contributed by atoms with Gasteiger partial charge in [-0.2, -0.15) is 0 Å². The topological polar surface area (TPSA) is 181 Å². The second-order valence-corrected chi connectivity index (χ2v) is 10.1. The summed E-state index contributed by atoms with van der Waals surface area (Å²) >= 11 is 0. The quantitative estimate of drug-likeness (QED) is 0.264. The van der Waals surface area contributed by atoms with Gasteiger partial charge in [-0.15, -0.1) is 0 Å². The van der Waals surface area contributed by atoms with E-state index in [1.807, 2.05) is 0 Å². The van der Waals surface area contributed by atoms with Crippen LogP contribution in [0, 0.1) is 11.8 Å². The summed E-state index contributed by atoms with van der Waals surface area (Å²) in [5.74, 6) is -8.38. The molecule has 0 spiro atoms. The number of aliphatic hydroxyl groups is 3. The lowest BCUT2D eigenvalue weighted by Crippen LogP contribution is -2.71. The maximum atomic E-state index is 13.7. The van der Waals surface area contributed by atoms with Crippen molar-refractivity contribution < 1.29 is 44.4 Å². The average Bonchev–Trinajstić information content (AvgIpc) is 2.67. The molecule has 1 fully saturated rings. The zero-order valence-corrected chi connectivity index (χ0v) is 18.6. The van der Waals surface area contributed by atoms with E-state index in [9.17, 15) is 39.9 Å². The number of quaternary nitrogens is 1. The van der Waals surface area contributed by atoms with Crippen molar-refractivity contribution in [2.24, 2.45) is 17.6 Å². The van der Waals surface area contributed by atoms with Crippen LogP contribution in [0.25, 0.3) is 5.76 Å². The first kappa shape index (κ1) is 23.0. The van der Waals surface area contributed by atoms with Gasteiger partial charge in [0.2, 0.25) is 5.78 Å². The zero-order chi connectivity index (χ0) is 24.8. The van der Waals surface area contributed by atoms with E-state index in [-0.39, 0.29) is 22.0 Å². The monoisotopic (exact) mass is 458 g/mol. The molecule has 6 N–H and O–H groups in total. The number of ketones is 2. The second kappa shape index (κ2) is 6.66. The SMILES string of the molecule is CC1(O)c2cccc(O)c2C(O)=C2C(=O)C3(O)C([O-])=C(C(N)=O)C(=O)C([N+](C)(C)C)C3CC21. The Hall–Kier alpha value is -3.21. The van der Waals surface area contributed by atoms with Gasteiger partial charge in [0.25, 0.3) is 5.91 Å². The van der Waals surface area contributed by atoms with E-state index >= 15 is 0 Å². The third-order valence-corrected chi connectivity index (χ3v) is 7.27. The van der Waals surface area contributed by atoms with Gasteiger partial charge in [0.15, 0.2) is 11.8 Å². The number of benzene rings is 1. The standard InChI is InChI=1S/C23H26N2O8/c1-22(32)9-6-5-7-12(26)13(9)17(27)14-10(22)8-11-16(25(2,3)4)18(28)15(21(24)31)20(30)23(11,33)19(14)29/h5-7,10-11,16,32-33H,8H2,1-4H3,(H4-,24,26,27,28,29,30,31). The number of fused-ring (bicyclic) bond motifs is 3. The highest BCUT2D eigenvalue weighted by Gasteiger charge is 2.66. The molecule has 3 aliphatic carbocycles. The third kappa shape index (κ3) is 2.74. The number of hydrogen-bond donors (Lipinski definition) is 5. The predicted octanol–water partition coefficient (Wildman–Crippen LogP) is -1.42. The fourth-order valence-corrected chi connectivity index (χ4v) is 5.78. The summed E-state index contributed by atoms with van der Waals surface area (Å²) in [6, 6.07) is 3.01. The van der Waals surface area contributed by atoms with E-state index in [2.05, 4.69) is 0 Å². The summed E-state index contributed by atoms with van der Waals surface area (Å²) in [6.45, 7) is 1.40. The van der Waals surface area contributed by atoms with Crippen molar-refractivity contribution in [3.8, 4) is 5.75 Å². The fourth-order valence-electron chi connectivity index (χ4n) is 5.78. The van der Waals surface area contributed by atoms with Crippen LogP contribution in [0.15, 0.2) is 35.1 Å². The van der Waals surface area contributed by atoms with Crippen LogP contribution in [0.1, 0.15) is 24.5 Å². The number of carbonyl (C=O) groups excluding carboxylic acids is 3. The molecule has 1 amide bonds. The normalized spacial score (nSPS) is 34.1. The summed E-state index contributed by atoms with van der Waals surface area (Å²) in [5, 5.41) is 57.6. The number of aromatic hydroxyl groups is 1. The molecule has 0 saturated heterocycles. The lowest BCUT2D eigenvalue weighted by Gasteiger charge is -2.56. The Kier molecular flexibility index (Phi) is 4.63. The molecule has 3 aliphatic rings. The Balaban J connectivity index is 2.07. The van der Waals surface area contributed by atoms with E-state index < -0.39 is 75.0 Å². The largest absolute Gasteiger partial charge is 0.873 e. The Bertz CT molecular complexity index is 1190. The molecule has 10 heteroatoms. The number of amides is 1. The molecule has 0 radical (unpaired) electrons. The number of carbonyl (C=O) groups is 3. The van der Waals surface area contributed by atoms with E-state index in [0.29, 0.717) is 0 Å². The molecule has 0 aromatic heterocycles. The number of nitrogens with two attached hydrogens (primary N) is 1. The van der Waals surface area contributed by atoms with Crippen molar-refractivity contribution in [3.63, 3.8) is 0 Å². The predicted molar refractivity (Wildman–Crippen MR) is 112 cm³/mol. The highest BCUT2D eigenvalue weighted by Crippen LogP contribution is 2.57. The number of hydrogen-bond acceptors (Lipinski definition) is 8. The first-order valence-electron chi connectivity index (χ1n) is 10.4. The molecule has 1 aromatic rings. The molecule has 1 aromatic carbocycles. The van der Waals surface area contributed by atoms with Crippen molar-refractivity contribution in [1.29, 1.82) is 0 Å². The minimum atomic E-state index is -2.85. The maximum absolute atomic E-state index is 13.7. The number of phenolic OH excluding ortho intramolecular Hbond substituents is 1. The molecular formula is C23H26N2O8. The lowest BCUT2D eigenvalue weighted by atomic mass is 9.54. The van der Waals surface area contributed by atoms with E-state index in [0.717, 1.165) is 0 Å². The number of likely N-dealkylation sites (N-methyl/N-ethyl adjacent to an activating group) is 1. The van der Waals surface area contributed by atoms with Crippen molar-refractivity contribution in [2.45, 2.75) is 30.6 Å². The third-order valence-electron chi connectivity index (χ3n) is 7.27. The van der Waals surface area contributed by atoms with Crippen LogP contribution in [0.2, 0.25) is 0 Å². The van der Waals surface area contributed by atoms with Crippen LogP contribution in [0.3, 0.4) is 0 Å². The molecule has 1 saturated carbocycles. The minimum absolute atomic E-state index is 0.138. The first-order valence-corrected chi connectivity index (χ1v) is 10.4. The molecule has 0 heterocycles. The van der Waals surface area contributed by atoms with Gasteiger partial charge < -0.3 is 35.7 Å². The highest BCUT2D eigenvalue weighted by atomic mass is 16.3. The molecule has 4 rings (SSSR count). The van der Waals surface area contributed by atoms with Gasteiger partial charge in [-0.1, -0.05) is 17.9 Å². The Morgan fingerprint density at radius 1 is 1.18 bits per heavy atom. The molecule has 33 heavy (non-hydrogen) atoms. The first-order chi connectivity index (χ1) is 15.1. The molecule has 5 atom stereocenters. The fraction of sp³-hybridized carbons (Fsp3) is 0.435. The Morgan fingerprint density at radius 3 is 2.33 bits per heavy atom. The molecule has 0 bridgehead atoms. The molecule has 176 valence electrons. The second-order valence-electron chi connectivity index (χ2n) is 10.1. The highest BCUT2D eigenvalue weighted by molar-refractivity contribution is 6.24. The Morgan fingerprint density at radius 2 is 1.79 bits per heavy atom. The Labute approximate surface area is 189 Å². The van der Waals surface area contributed by atoms with Crippen molar-refractivity contribution in [3.05, 3.63) is 46.2 Å². The van der Waals surface area contributed by atoms with Crippen LogP contribution in [-0.2, 0) is 20.0 Å². The lowest BCUT2D eigenvalue weighted by molar-refractivity contribution is -0.891. The number of primary amides is 1. The van der Waals surface area contributed by atoms with Gasteiger partial charge in [-0.3, -0.25) is 14.4 Å². The number of rotatable bonds is 2. The summed E-state index contributed by atoms with van der Waals surface area (Å²) in [6.07, 6.45) is -0.229. The van der Waals surface area contributed by atoms with E-state index in [1.54, 1.807) is 21.1 Å². The maximum Gasteiger partial charge on any atom is 0.251 e. The van der Waals surface area contributed by atoms with Crippen LogP contribution >= 0.6 is 0 Å². The van der Waals surface area contributed by atoms with Crippen molar-refractivity contribution in [1.82, 2.24) is 0 Å². The number of aliphatic hydroxyl groups excluding tert-OH is 1. The number of nitrogens with zero attached hydrogens (tertiary/aromatic N) is 1. The van der Waals surface area contributed by atoms with Gasteiger partial charge in [0, 0.05) is 11.5 Å². The summed E-state index contributed by atoms with van der Waals surface area (Å²) in [7, 11) is 4.82. The van der Waals surface area contributed by atoms with Crippen molar-refractivity contribution >= 4 is 23.2 Å². The average molecular weight is 458 g/mol. The minimum Gasteiger partial charge on any atom is -0.873 e. The van der Waals surface area contributed by atoms with Gasteiger partial charge >= 0.3 is 0 Å². The van der Waals surface area contributed by atoms with Gasteiger partial charge in [-0.05, 0) is 25.0 Å². The zero-order valence-electron chi connectivity index (χ0n) is 18.6. The molecule has 5 unspecified atom stereocenters. The van der Waals surface area contributed by atoms with Crippen LogP contribution < -0.4 is 10.8 Å². The van der Waals surface area contributed by atoms with Gasteiger partial charge in [0.1, 0.15) is 17.1 Å². The summed E-state index contributed by atoms with van der Waals surface area (Å²) in [4.78, 5) is 38.9. The van der Waals surface area contributed by atoms with Crippen molar-refractivity contribution in [2.75, 3.05) is 21.1 Å². The summed E-state index contributed by atoms with van der Waals surface area (Å²) < 4.78 is -0.138. The number of phenols is 1. The van der Waals surface area contributed by atoms with Crippen LogP contribution in [0.4, 0.5) is 0 Å². The van der Waals surface area contributed by atoms with Crippen LogP contribution in [0.5, 0.6) is 5.75 Å². The van der Waals surface area contributed by atoms with Gasteiger partial charge in [0.05, 0.1) is 43.8 Å². The smallest absolute Gasteiger partial charge is 0.251 e. The van der Waals surface area contributed by atoms with E-state index in [1.165, 1.54) is 25.1 Å². The van der Waals surface area contributed by atoms with E-state index in [4.69, 9.17) is 5.73 Å². The molecule has 0 aliphatic heterocycles.